The molecule has 1 aromatic heterocycles. The van der Waals surface area contributed by atoms with Gasteiger partial charge in [0.1, 0.15) is 22.9 Å². The predicted octanol–water partition coefficient (Wildman–Crippen LogP) is 6.47. The molecule has 0 saturated heterocycles. The average Bonchev–Trinajstić information content (AvgIpc) is 3.74. The highest BCUT2D eigenvalue weighted by Crippen LogP contribution is 2.49. The molecular formula is C29H30F3NO5. The fourth-order valence-corrected chi connectivity index (χ4v) is 4.52. The summed E-state index contributed by atoms with van der Waals surface area (Å²) in [4.78, 5) is 17.8. The zero-order valence-electron chi connectivity index (χ0n) is 21.7. The summed E-state index contributed by atoms with van der Waals surface area (Å²) in [5, 5.41) is 11.8. The maximum atomic E-state index is 13.9. The number of halogens is 3. The van der Waals surface area contributed by atoms with Gasteiger partial charge in [-0.25, -0.2) is 9.37 Å². The van der Waals surface area contributed by atoms with Crippen molar-refractivity contribution in [2.45, 2.75) is 51.2 Å². The minimum absolute atomic E-state index is 0.00545. The second kappa shape index (κ2) is 10.6. The third kappa shape index (κ3) is 5.93. The molecule has 4 rings (SSSR count). The molecule has 0 aliphatic heterocycles. The molecule has 0 amide bonds. The fourth-order valence-electron chi connectivity index (χ4n) is 4.52. The van der Waals surface area contributed by atoms with Crippen molar-refractivity contribution in [2.24, 2.45) is 5.92 Å². The van der Waals surface area contributed by atoms with E-state index in [4.69, 9.17) is 14.5 Å². The van der Waals surface area contributed by atoms with Crippen LogP contribution in [0.3, 0.4) is 0 Å². The third-order valence-electron chi connectivity index (χ3n) is 6.71. The van der Waals surface area contributed by atoms with Crippen LogP contribution in [0.1, 0.15) is 54.2 Å². The van der Waals surface area contributed by atoms with E-state index in [1.807, 2.05) is 0 Å². The molecule has 1 atom stereocenters. The molecule has 0 spiro atoms. The highest BCUT2D eigenvalue weighted by Gasteiger charge is 2.46. The lowest BCUT2D eigenvalue weighted by Crippen LogP contribution is -2.30. The highest BCUT2D eigenvalue weighted by atomic mass is 19.3. The van der Waals surface area contributed by atoms with Gasteiger partial charge in [-0.2, -0.15) is 8.78 Å². The lowest BCUT2D eigenvalue weighted by Gasteiger charge is -2.28. The Morgan fingerprint density at radius 1 is 1.03 bits per heavy atom. The lowest BCUT2D eigenvalue weighted by atomic mass is 9.86. The van der Waals surface area contributed by atoms with E-state index in [0.717, 1.165) is 12.8 Å². The average molecular weight is 530 g/mol. The number of ether oxygens (including phenoxy) is 3. The summed E-state index contributed by atoms with van der Waals surface area (Å²) >= 11 is 0. The van der Waals surface area contributed by atoms with Crippen LogP contribution >= 0.6 is 0 Å². The molecule has 1 N–H and O–H groups in total. The Kier molecular flexibility index (Phi) is 7.69. The van der Waals surface area contributed by atoms with Crippen LogP contribution < -0.4 is 14.2 Å². The van der Waals surface area contributed by atoms with Crippen molar-refractivity contribution in [1.82, 2.24) is 4.98 Å². The molecule has 1 unspecified atom stereocenters. The smallest absolute Gasteiger partial charge is 0.395 e. The van der Waals surface area contributed by atoms with Crippen molar-refractivity contribution in [3.8, 4) is 28.5 Å². The van der Waals surface area contributed by atoms with Crippen LogP contribution in [0.5, 0.6) is 17.2 Å². The molecule has 0 radical (unpaired) electrons. The number of nitrogens with zero attached hydrogens (tertiary/aromatic N) is 1. The monoisotopic (exact) mass is 529 g/mol. The number of alkyl halides is 2. The normalized spacial score (nSPS) is 15.1. The van der Waals surface area contributed by atoms with E-state index < -0.39 is 11.7 Å². The van der Waals surface area contributed by atoms with Gasteiger partial charge < -0.3 is 19.3 Å². The number of ketones is 1. The Balaban J connectivity index is 1.60. The molecule has 38 heavy (non-hydrogen) atoms. The molecule has 6 nitrogen and oxygen atoms in total. The van der Waals surface area contributed by atoms with Crippen molar-refractivity contribution in [3.05, 3.63) is 71.2 Å². The van der Waals surface area contributed by atoms with E-state index >= 15 is 0 Å². The minimum atomic E-state index is -3.41. The summed E-state index contributed by atoms with van der Waals surface area (Å²) < 4.78 is 55.7. The van der Waals surface area contributed by atoms with Crippen molar-refractivity contribution in [2.75, 3.05) is 14.2 Å². The highest BCUT2D eigenvalue weighted by molar-refractivity contribution is 5.96. The Bertz CT molecular complexity index is 1340. The van der Waals surface area contributed by atoms with Crippen molar-refractivity contribution in [3.63, 3.8) is 0 Å². The van der Waals surface area contributed by atoms with Crippen LogP contribution in [0.25, 0.3) is 11.3 Å². The van der Waals surface area contributed by atoms with E-state index in [2.05, 4.69) is 4.74 Å². The Labute approximate surface area is 219 Å². The Hall–Kier alpha value is -3.59. The molecule has 1 fully saturated rings. The van der Waals surface area contributed by atoms with Crippen LogP contribution in [0.2, 0.25) is 0 Å². The summed E-state index contributed by atoms with van der Waals surface area (Å²) in [7, 11) is 2.81. The zero-order valence-corrected chi connectivity index (χ0v) is 21.7. The summed E-state index contributed by atoms with van der Waals surface area (Å²) in [6.45, 7) is 2.27. The van der Waals surface area contributed by atoms with Gasteiger partial charge in [-0.15, -0.1) is 0 Å². The summed E-state index contributed by atoms with van der Waals surface area (Å²) in [5.41, 5.74) is 0.835. The van der Waals surface area contributed by atoms with Gasteiger partial charge in [0.15, 0.2) is 17.3 Å². The van der Waals surface area contributed by atoms with Crippen LogP contribution in [-0.4, -0.2) is 36.2 Å². The Morgan fingerprint density at radius 2 is 1.71 bits per heavy atom. The van der Waals surface area contributed by atoms with Crippen LogP contribution in [0.15, 0.2) is 48.5 Å². The molecule has 1 heterocycles. The minimum Gasteiger partial charge on any atom is -0.494 e. The lowest BCUT2D eigenvalue weighted by molar-refractivity contribution is -0.159. The topological polar surface area (TPSA) is 77.9 Å². The van der Waals surface area contributed by atoms with Gasteiger partial charge in [0.05, 0.1) is 19.9 Å². The number of aliphatic hydroxyl groups is 1. The van der Waals surface area contributed by atoms with Crippen LogP contribution in [-0.2, 0) is 5.60 Å². The van der Waals surface area contributed by atoms with E-state index in [9.17, 15) is 23.1 Å². The van der Waals surface area contributed by atoms with Crippen molar-refractivity contribution >= 4 is 5.78 Å². The van der Waals surface area contributed by atoms with E-state index in [-0.39, 0.29) is 47.4 Å². The summed E-state index contributed by atoms with van der Waals surface area (Å²) in [5.74, 6) is -0.406. The van der Waals surface area contributed by atoms with Crippen molar-refractivity contribution < 1.29 is 37.3 Å². The molecule has 0 bridgehead atoms. The van der Waals surface area contributed by atoms with Gasteiger partial charge in [0, 0.05) is 24.5 Å². The fraction of sp³-hybridized carbons (Fsp3) is 0.379. The molecule has 2 aromatic carbocycles. The standard InChI is InChI=1S/C29H30F3NO5/c1-17-15-19(5-9-21(17)30)27-24(36-3)11-12-26(33-27)29(35,20-7-8-20)14-13-22(34)18-6-10-23(25(16-18)37-4)38-28(2,31)32/h5-6,9-12,15-16,20,35H,7-8,13-14H2,1-4H3. The molecule has 9 heteroatoms. The number of carbonyl (C=O) groups is 1. The Morgan fingerprint density at radius 3 is 2.32 bits per heavy atom. The van der Waals surface area contributed by atoms with Gasteiger partial charge in [-0.1, -0.05) is 0 Å². The first-order valence-electron chi connectivity index (χ1n) is 12.3. The van der Waals surface area contributed by atoms with Crippen LogP contribution in [0, 0.1) is 18.7 Å². The maximum Gasteiger partial charge on any atom is 0.395 e. The number of pyridine rings is 1. The van der Waals surface area contributed by atoms with Gasteiger partial charge in [-0.05, 0) is 86.2 Å². The first-order chi connectivity index (χ1) is 17.9. The number of hydrogen-bond acceptors (Lipinski definition) is 6. The number of aromatic nitrogens is 1. The second-order valence-electron chi connectivity index (χ2n) is 9.61. The first-order valence-corrected chi connectivity index (χ1v) is 12.3. The van der Waals surface area contributed by atoms with Gasteiger partial charge >= 0.3 is 6.11 Å². The summed E-state index contributed by atoms with van der Waals surface area (Å²) in [6, 6.07) is 12.0. The zero-order chi connectivity index (χ0) is 27.7. The van der Waals surface area contributed by atoms with Gasteiger partial charge in [0.2, 0.25) is 0 Å². The molecular weight excluding hydrogens is 499 g/mol. The number of methoxy groups -OCH3 is 2. The second-order valence-corrected chi connectivity index (χ2v) is 9.61. The van der Waals surface area contributed by atoms with Gasteiger partial charge in [-0.3, -0.25) is 4.79 Å². The third-order valence-corrected chi connectivity index (χ3v) is 6.71. The molecule has 1 saturated carbocycles. The van der Waals surface area contributed by atoms with Crippen LogP contribution in [0.4, 0.5) is 13.2 Å². The quantitative estimate of drug-likeness (QED) is 0.287. The molecule has 1 aliphatic carbocycles. The molecule has 202 valence electrons. The van der Waals surface area contributed by atoms with E-state index in [1.165, 1.54) is 38.5 Å². The largest absolute Gasteiger partial charge is 0.494 e. The number of benzene rings is 2. The number of rotatable bonds is 11. The number of aryl methyl sites for hydroxylation is 1. The maximum absolute atomic E-state index is 13.9. The first kappa shape index (κ1) is 27.4. The van der Waals surface area contributed by atoms with E-state index in [1.54, 1.807) is 31.2 Å². The number of carbonyl (C=O) groups excluding carboxylic acids is 1. The molecule has 3 aromatic rings. The summed E-state index contributed by atoms with van der Waals surface area (Å²) in [6.07, 6.45) is -1.75. The molecule has 1 aliphatic rings. The van der Waals surface area contributed by atoms with Crippen molar-refractivity contribution in [1.29, 1.82) is 0 Å². The predicted molar refractivity (Wildman–Crippen MR) is 135 cm³/mol. The SMILES string of the molecule is COc1cc(C(=O)CCC(O)(c2ccc(OC)c(-c3ccc(F)c(C)c3)n2)C2CC2)ccc1OC(C)(F)F. The van der Waals surface area contributed by atoms with Gasteiger partial charge in [0.25, 0.3) is 0 Å². The van der Waals surface area contributed by atoms with E-state index in [0.29, 0.717) is 35.2 Å². The number of Topliss-reactive ketones (excluding diaryl/α,β-unsaturated/α-hetero) is 1. The number of hydrogen-bond donors (Lipinski definition) is 1.